The maximum absolute atomic E-state index is 5.46. The number of benzene rings is 1. The van der Waals surface area contributed by atoms with E-state index in [9.17, 15) is 0 Å². The Kier molecular flexibility index (Phi) is 8.27. The van der Waals surface area contributed by atoms with Gasteiger partial charge in [-0.1, -0.05) is 0 Å². The predicted octanol–water partition coefficient (Wildman–Crippen LogP) is 5.19. The molecular weight excluding hydrogens is 315 g/mol. The summed E-state index contributed by atoms with van der Waals surface area (Å²) in [5.41, 5.74) is 6.89. The van der Waals surface area contributed by atoms with Gasteiger partial charge in [-0.25, -0.2) is 0 Å². The van der Waals surface area contributed by atoms with E-state index in [0.29, 0.717) is 0 Å². The molecule has 4 heteroatoms. The molecule has 103 valence electrons. The van der Waals surface area contributed by atoms with Crippen molar-refractivity contribution in [2.24, 2.45) is 0 Å². The third-order valence-electron chi connectivity index (χ3n) is 3.56. The van der Waals surface area contributed by atoms with Gasteiger partial charge in [0.05, 0.1) is 0 Å². The van der Waals surface area contributed by atoms with Crippen molar-refractivity contribution in [1.29, 1.82) is 0 Å². The van der Waals surface area contributed by atoms with Crippen LogP contribution >= 0.6 is 24.8 Å². The first kappa shape index (κ1) is 19.0. The summed E-state index contributed by atoms with van der Waals surface area (Å²) < 4.78 is 5.46. The standard InChI is InChI=1S/C15H17O.2ClH.Ti/c1-10-8-9-13(11(10)2)15-7-5-4-6-14(15)12(3)16;;;/h4-8,12H,9H2,1-3H3;2*1H;/q-1;;;+1. The molecule has 2 rings (SSSR count). The van der Waals surface area contributed by atoms with Crippen molar-refractivity contribution in [3.8, 4) is 0 Å². The number of allylic oxidation sites excluding steroid dienone is 4. The van der Waals surface area contributed by atoms with Gasteiger partial charge in [-0.3, -0.25) is 0 Å². The van der Waals surface area contributed by atoms with E-state index in [1.165, 1.54) is 27.8 Å². The number of hydrogen-bond donors (Lipinski definition) is 0. The summed E-state index contributed by atoms with van der Waals surface area (Å²) in [5.74, 6) is 0. The van der Waals surface area contributed by atoms with Crippen molar-refractivity contribution in [3.05, 3.63) is 52.6 Å². The zero-order valence-electron chi connectivity index (χ0n) is 11.4. The quantitative estimate of drug-likeness (QED) is 0.691. The molecule has 1 nitrogen and oxygen atoms in total. The third kappa shape index (κ3) is 3.96. The maximum atomic E-state index is 5.46. The second-order valence-electron chi connectivity index (χ2n) is 4.54. The van der Waals surface area contributed by atoms with Gasteiger partial charge in [0.2, 0.25) is 0 Å². The van der Waals surface area contributed by atoms with Crippen molar-refractivity contribution in [2.75, 3.05) is 0 Å². The van der Waals surface area contributed by atoms with E-state index >= 15 is 0 Å². The Balaban J connectivity index is 0.00000162. The molecule has 0 amide bonds. The minimum atomic E-state index is 0. The van der Waals surface area contributed by atoms with Crippen molar-refractivity contribution in [3.63, 3.8) is 0 Å². The molecule has 0 saturated carbocycles. The number of rotatable bonds is 3. The molecule has 0 spiro atoms. The molecule has 19 heavy (non-hydrogen) atoms. The van der Waals surface area contributed by atoms with Crippen LogP contribution in [0.25, 0.3) is 5.57 Å². The molecule has 0 aromatic heterocycles. The van der Waals surface area contributed by atoms with E-state index < -0.39 is 0 Å². The fourth-order valence-corrected chi connectivity index (χ4v) is 2.50. The summed E-state index contributed by atoms with van der Waals surface area (Å²) >= 11 is 1.76. The predicted molar refractivity (Wildman–Crippen MR) is 81.4 cm³/mol. The van der Waals surface area contributed by atoms with Crippen molar-refractivity contribution in [1.82, 2.24) is 0 Å². The summed E-state index contributed by atoms with van der Waals surface area (Å²) in [6.45, 7) is 6.50. The Morgan fingerprint density at radius 3 is 2.32 bits per heavy atom. The Hall–Kier alpha value is -0.0457. The second kappa shape index (κ2) is 8.29. The first-order valence-electron chi connectivity index (χ1n) is 5.93. The smallest absolute Gasteiger partial charge is 0.147 e. The van der Waals surface area contributed by atoms with Gasteiger partial charge in [0.1, 0.15) is 0 Å². The van der Waals surface area contributed by atoms with Gasteiger partial charge in [-0.2, -0.15) is 0 Å². The van der Waals surface area contributed by atoms with Crippen molar-refractivity contribution in [2.45, 2.75) is 33.3 Å². The zero-order chi connectivity index (χ0) is 12.4. The first-order valence-corrected chi connectivity index (χ1v) is 6.57. The minimum absolute atomic E-state index is 0. The molecule has 1 aliphatic carbocycles. The fraction of sp³-hybridized carbons (Fsp3) is 0.333. The van der Waals surface area contributed by atoms with E-state index in [1.54, 1.807) is 20.8 Å². The van der Waals surface area contributed by atoms with Gasteiger partial charge in [0, 0.05) is 0 Å². The summed E-state index contributed by atoms with van der Waals surface area (Å²) in [5, 5.41) is 0. The van der Waals surface area contributed by atoms with E-state index in [1.807, 2.05) is 0 Å². The van der Waals surface area contributed by atoms with E-state index in [0.717, 1.165) is 6.42 Å². The van der Waals surface area contributed by atoms with Gasteiger partial charge < -0.3 is 0 Å². The van der Waals surface area contributed by atoms with Gasteiger partial charge in [0.25, 0.3) is 0 Å². The monoisotopic (exact) mass is 333 g/mol. The Labute approximate surface area is 140 Å². The van der Waals surface area contributed by atoms with Crippen LogP contribution in [0, 0.1) is 0 Å². The van der Waals surface area contributed by atoms with Gasteiger partial charge in [-0.05, 0) is 0 Å². The Morgan fingerprint density at radius 2 is 1.79 bits per heavy atom. The number of halogens is 2. The molecule has 0 aliphatic heterocycles. The summed E-state index contributed by atoms with van der Waals surface area (Å²) in [6.07, 6.45) is 3.50. The van der Waals surface area contributed by atoms with E-state index in [4.69, 9.17) is 3.32 Å². The van der Waals surface area contributed by atoms with Crippen LogP contribution in [0.4, 0.5) is 0 Å². The van der Waals surface area contributed by atoms with Gasteiger partial charge >= 0.3 is 116 Å². The molecule has 1 unspecified atom stereocenters. The topological polar surface area (TPSA) is 9.23 Å². The van der Waals surface area contributed by atoms with Crippen molar-refractivity contribution < 1.29 is 24.1 Å². The molecule has 0 radical (unpaired) electrons. The molecular formula is C15H19Cl2OTi. The largest absolute Gasteiger partial charge is 0.147 e. The molecule has 0 fully saturated rings. The van der Waals surface area contributed by atoms with E-state index in [-0.39, 0.29) is 30.9 Å². The molecule has 1 aliphatic rings. The summed E-state index contributed by atoms with van der Waals surface area (Å²) in [6, 6.07) is 8.56. The van der Waals surface area contributed by atoms with Crippen LogP contribution in [-0.4, -0.2) is 0 Å². The first-order chi connectivity index (χ1) is 8.15. The van der Waals surface area contributed by atoms with E-state index in [2.05, 4.69) is 51.1 Å². The van der Waals surface area contributed by atoms with Crippen LogP contribution in [0.1, 0.15) is 44.4 Å². The zero-order valence-corrected chi connectivity index (χ0v) is 14.6. The molecule has 1 aromatic carbocycles. The maximum Gasteiger partial charge on any atom is -0.147 e. The SMILES string of the molecule is CC1=CCC(c2ccccc2C(C)[O][Ti])=C1C.Cl.Cl. The third-order valence-corrected chi connectivity index (χ3v) is 4.11. The second-order valence-corrected chi connectivity index (χ2v) is 4.91. The Morgan fingerprint density at radius 1 is 1.16 bits per heavy atom. The van der Waals surface area contributed by atoms with Gasteiger partial charge in [0.15, 0.2) is 0 Å². The minimum Gasteiger partial charge on any atom is -0.147 e. The van der Waals surface area contributed by atoms with Crippen LogP contribution in [0.15, 0.2) is 41.5 Å². The van der Waals surface area contributed by atoms with Crippen LogP contribution in [-0.2, 0) is 24.1 Å². The average Bonchev–Trinajstić information content (AvgIpc) is 2.69. The molecule has 1 atom stereocenters. The number of hydrogen-bond acceptors (Lipinski definition) is 1. The molecule has 1 aromatic rings. The summed E-state index contributed by atoms with van der Waals surface area (Å²) in [4.78, 5) is 0. The average molecular weight is 334 g/mol. The van der Waals surface area contributed by atoms with Crippen LogP contribution in [0.3, 0.4) is 0 Å². The molecule has 0 heterocycles. The van der Waals surface area contributed by atoms with Crippen molar-refractivity contribution >= 4 is 30.4 Å². The summed E-state index contributed by atoms with van der Waals surface area (Å²) in [7, 11) is 0. The molecule has 0 saturated heterocycles. The van der Waals surface area contributed by atoms with Crippen LogP contribution in [0.2, 0.25) is 0 Å². The van der Waals surface area contributed by atoms with Crippen LogP contribution < -0.4 is 0 Å². The fourth-order valence-electron chi connectivity index (χ4n) is 2.30. The van der Waals surface area contributed by atoms with Crippen LogP contribution in [0.5, 0.6) is 0 Å². The van der Waals surface area contributed by atoms with Gasteiger partial charge in [-0.15, -0.1) is 24.8 Å². The normalized spacial score (nSPS) is 15.4. The molecule has 0 bridgehead atoms. The Bertz CT molecular complexity index is 495. The molecule has 0 N–H and O–H groups in total.